The van der Waals surface area contributed by atoms with Crippen LogP contribution >= 0.6 is 0 Å². The van der Waals surface area contributed by atoms with Gasteiger partial charge in [0.2, 0.25) is 11.4 Å². The second-order valence-electron chi connectivity index (χ2n) is 9.12. The van der Waals surface area contributed by atoms with Gasteiger partial charge in [0.15, 0.2) is 0 Å². The van der Waals surface area contributed by atoms with Crippen LogP contribution in [0.1, 0.15) is 46.5 Å². The van der Waals surface area contributed by atoms with Gasteiger partial charge in [-0.3, -0.25) is 0 Å². The highest BCUT2D eigenvalue weighted by Gasteiger charge is 2.87. The first-order chi connectivity index (χ1) is 14.1. The molecule has 4 aliphatic carbocycles. The average molecular weight is 436 g/mol. The first-order valence-corrected chi connectivity index (χ1v) is 9.96. The Morgan fingerprint density at radius 1 is 0.774 bits per heavy atom. The predicted octanol–water partition coefficient (Wildman–Crippen LogP) is 1.02. The number of hydrogen-bond acceptors (Lipinski definition) is 9. The summed E-state index contributed by atoms with van der Waals surface area (Å²) in [7, 11) is 0. The Balaban J connectivity index is 2.29. The molecular formula is C22H28O9. The van der Waals surface area contributed by atoms with Crippen LogP contribution in [0.15, 0.2) is 36.5 Å². The van der Waals surface area contributed by atoms with Gasteiger partial charge in [-0.1, -0.05) is 19.7 Å². The van der Waals surface area contributed by atoms with E-state index >= 15 is 0 Å². The summed E-state index contributed by atoms with van der Waals surface area (Å²) in [5.41, 5.74) is -4.78. The maximum Gasteiger partial charge on any atom is 0.336 e. The van der Waals surface area contributed by atoms with Crippen molar-refractivity contribution in [3.05, 3.63) is 36.5 Å². The molecule has 0 aromatic carbocycles. The van der Waals surface area contributed by atoms with Gasteiger partial charge in [-0.05, 0) is 46.0 Å². The summed E-state index contributed by atoms with van der Waals surface area (Å²) in [6, 6.07) is 0. The van der Waals surface area contributed by atoms with Gasteiger partial charge in [0, 0.05) is 29.1 Å². The highest BCUT2D eigenvalue weighted by molar-refractivity contribution is 5.90. The van der Waals surface area contributed by atoms with Crippen LogP contribution in [-0.4, -0.2) is 56.0 Å². The summed E-state index contributed by atoms with van der Waals surface area (Å²) >= 11 is 0. The SMILES string of the molecule is C=C(C)C(=O)OC1(OC(=O)C(=C)C)C2CC3CC(O)(C2)C(O)(O)C1(OC(=O)C(=C)C)C3. The molecule has 3 N–H and O–H groups in total. The molecule has 0 amide bonds. The predicted molar refractivity (Wildman–Crippen MR) is 106 cm³/mol. The lowest BCUT2D eigenvalue weighted by Gasteiger charge is -2.69. The monoisotopic (exact) mass is 436 g/mol. The number of hydrogen-bond donors (Lipinski definition) is 3. The number of aliphatic hydroxyl groups is 3. The molecule has 4 fully saturated rings. The molecule has 0 radical (unpaired) electrons. The molecule has 4 rings (SSSR count). The van der Waals surface area contributed by atoms with Gasteiger partial charge < -0.3 is 29.5 Å². The second-order valence-corrected chi connectivity index (χ2v) is 9.12. The molecule has 170 valence electrons. The highest BCUT2D eigenvalue weighted by Crippen LogP contribution is 2.68. The number of ether oxygens (including phenoxy) is 3. The van der Waals surface area contributed by atoms with Crippen LogP contribution in [0.3, 0.4) is 0 Å². The van der Waals surface area contributed by atoms with Crippen molar-refractivity contribution in [3.8, 4) is 0 Å². The van der Waals surface area contributed by atoms with E-state index in [1.54, 1.807) is 0 Å². The molecule has 0 saturated heterocycles. The van der Waals surface area contributed by atoms with Crippen LogP contribution in [0.5, 0.6) is 0 Å². The van der Waals surface area contributed by atoms with Gasteiger partial charge in [0.05, 0.1) is 0 Å². The van der Waals surface area contributed by atoms with E-state index in [1.807, 2.05) is 0 Å². The molecule has 0 aromatic heterocycles. The van der Waals surface area contributed by atoms with Crippen LogP contribution in [0.25, 0.3) is 0 Å². The van der Waals surface area contributed by atoms with Crippen molar-refractivity contribution < 1.29 is 43.9 Å². The van der Waals surface area contributed by atoms with E-state index in [9.17, 15) is 29.7 Å². The van der Waals surface area contributed by atoms with Crippen LogP contribution in [0, 0.1) is 11.8 Å². The van der Waals surface area contributed by atoms with Crippen LogP contribution < -0.4 is 0 Å². The van der Waals surface area contributed by atoms with Crippen LogP contribution in [0.2, 0.25) is 0 Å². The molecule has 0 aliphatic heterocycles. The highest BCUT2D eigenvalue weighted by atomic mass is 16.8. The molecule has 0 heterocycles. The summed E-state index contributed by atoms with van der Waals surface area (Å²) in [5, 5.41) is 33.6. The zero-order valence-electron chi connectivity index (χ0n) is 17.9. The third-order valence-electron chi connectivity index (χ3n) is 6.52. The molecule has 4 aliphatic rings. The molecule has 9 heteroatoms. The fourth-order valence-corrected chi connectivity index (χ4v) is 5.14. The lowest BCUT2D eigenvalue weighted by atomic mass is 9.46. The van der Waals surface area contributed by atoms with Gasteiger partial charge in [-0.2, -0.15) is 0 Å². The normalized spacial score (nSPS) is 33.9. The minimum Gasteiger partial charge on any atom is -0.441 e. The summed E-state index contributed by atoms with van der Waals surface area (Å²) < 4.78 is 16.8. The lowest BCUT2D eigenvalue weighted by Crippen LogP contribution is -2.88. The molecule has 4 bridgehead atoms. The Labute approximate surface area is 180 Å². The summed E-state index contributed by atoms with van der Waals surface area (Å²) in [6.45, 7) is 14.6. The Bertz CT molecular complexity index is 873. The van der Waals surface area contributed by atoms with Gasteiger partial charge in [-0.15, -0.1) is 0 Å². The number of esters is 3. The minimum absolute atomic E-state index is 0.0296. The molecule has 0 spiro atoms. The maximum atomic E-state index is 12.6. The van der Waals surface area contributed by atoms with Crippen LogP contribution in [0.4, 0.5) is 0 Å². The van der Waals surface area contributed by atoms with E-state index in [1.165, 1.54) is 20.8 Å². The number of carbonyl (C=O) groups excluding carboxylic acids is 3. The van der Waals surface area contributed by atoms with Crippen molar-refractivity contribution in [3.63, 3.8) is 0 Å². The van der Waals surface area contributed by atoms with E-state index < -0.39 is 46.6 Å². The van der Waals surface area contributed by atoms with E-state index in [2.05, 4.69) is 19.7 Å². The Kier molecular flexibility index (Phi) is 5.24. The number of rotatable bonds is 6. The third kappa shape index (κ3) is 3.06. The van der Waals surface area contributed by atoms with Crippen molar-refractivity contribution in [1.82, 2.24) is 0 Å². The average Bonchev–Trinajstić information content (AvgIpc) is 2.63. The summed E-state index contributed by atoms with van der Waals surface area (Å²) in [5.74, 6) is -9.75. The fourth-order valence-electron chi connectivity index (χ4n) is 5.14. The molecule has 9 nitrogen and oxygen atoms in total. The molecular weight excluding hydrogens is 408 g/mol. The zero-order chi connectivity index (χ0) is 23.6. The Morgan fingerprint density at radius 2 is 1.23 bits per heavy atom. The smallest absolute Gasteiger partial charge is 0.336 e. The molecule has 0 aromatic rings. The van der Waals surface area contributed by atoms with Gasteiger partial charge in [0.1, 0.15) is 5.60 Å². The van der Waals surface area contributed by atoms with E-state index in [0.717, 1.165) is 0 Å². The maximum absolute atomic E-state index is 12.6. The molecule has 31 heavy (non-hydrogen) atoms. The zero-order valence-corrected chi connectivity index (χ0v) is 17.9. The Morgan fingerprint density at radius 3 is 1.68 bits per heavy atom. The van der Waals surface area contributed by atoms with E-state index in [4.69, 9.17) is 14.2 Å². The molecule has 4 saturated carbocycles. The topological polar surface area (TPSA) is 140 Å². The van der Waals surface area contributed by atoms with Gasteiger partial charge in [0.25, 0.3) is 0 Å². The first-order valence-electron chi connectivity index (χ1n) is 9.96. The van der Waals surface area contributed by atoms with Crippen molar-refractivity contribution >= 4 is 17.9 Å². The second kappa shape index (κ2) is 7.01. The summed E-state index contributed by atoms with van der Waals surface area (Å²) in [4.78, 5) is 37.9. The number of carbonyl (C=O) groups is 3. The minimum atomic E-state index is -3.11. The van der Waals surface area contributed by atoms with Crippen molar-refractivity contribution in [2.24, 2.45) is 11.8 Å². The van der Waals surface area contributed by atoms with Crippen molar-refractivity contribution in [1.29, 1.82) is 0 Å². The molecule has 4 atom stereocenters. The summed E-state index contributed by atoms with van der Waals surface area (Å²) in [6.07, 6.45) is -0.139. The van der Waals surface area contributed by atoms with Crippen molar-refractivity contribution in [2.75, 3.05) is 0 Å². The van der Waals surface area contributed by atoms with Crippen molar-refractivity contribution in [2.45, 2.75) is 69.2 Å². The van der Waals surface area contributed by atoms with Crippen LogP contribution in [-0.2, 0) is 28.6 Å². The quantitative estimate of drug-likeness (QED) is 0.316. The van der Waals surface area contributed by atoms with E-state index in [-0.39, 0.29) is 41.9 Å². The lowest BCUT2D eigenvalue weighted by molar-refractivity contribution is -0.483. The Hall–Kier alpha value is -2.49. The van der Waals surface area contributed by atoms with Gasteiger partial charge in [-0.25, -0.2) is 14.4 Å². The third-order valence-corrected chi connectivity index (χ3v) is 6.52. The molecule has 4 unspecified atom stereocenters. The largest absolute Gasteiger partial charge is 0.441 e. The van der Waals surface area contributed by atoms with E-state index in [0.29, 0.717) is 6.42 Å². The first kappa shape index (κ1) is 23.2. The fraction of sp³-hybridized carbons (Fsp3) is 0.591. The standard InChI is InChI=1S/C22H28O9/c1-11(2)16(23)29-20-9-14-7-15(10-19(26,8-14)22(20,27)28)21(20,30-17(24)12(3)4)31-18(25)13(5)6/h14-15,26-28H,1,3,5,7-10H2,2,4,6H3. The van der Waals surface area contributed by atoms with Gasteiger partial charge >= 0.3 is 23.7 Å².